The van der Waals surface area contributed by atoms with Gasteiger partial charge in [-0.25, -0.2) is 4.98 Å². The first-order chi connectivity index (χ1) is 12.9. The third-order valence-corrected chi connectivity index (χ3v) is 3.81. The Morgan fingerprint density at radius 1 is 0.926 bits per heavy atom. The molecule has 0 aliphatic heterocycles. The number of alkyl halides is 3. The number of amides is 1. The maximum absolute atomic E-state index is 12.6. The van der Waals surface area contributed by atoms with E-state index in [0.717, 1.165) is 17.7 Å². The molecule has 3 aromatic rings. The van der Waals surface area contributed by atoms with Gasteiger partial charge in [0.05, 0.1) is 11.1 Å². The first-order valence-electron chi connectivity index (χ1n) is 8.14. The monoisotopic (exact) mass is 371 g/mol. The highest BCUT2D eigenvalue weighted by Crippen LogP contribution is 2.29. The molecule has 7 heteroatoms. The van der Waals surface area contributed by atoms with Gasteiger partial charge in [-0.15, -0.1) is 0 Å². The maximum atomic E-state index is 12.6. The van der Waals surface area contributed by atoms with Crippen molar-refractivity contribution in [2.45, 2.75) is 12.7 Å². The van der Waals surface area contributed by atoms with Gasteiger partial charge in [-0.05, 0) is 42.0 Å². The van der Waals surface area contributed by atoms with Crippen molar-refractivity contribution < 1.29 is 18.0 Å². The number of carbonyl (C=O) groups is 1. The smallest absolute Gasteiger partial charge is 0.366 e. The fourth-order valence-electron chi connectivity index (χ4n) is 2.37. The number of benzene rings is 2. The van der Waals surface area contributed by atoms with Crippen molar-refractivity contribution in [1.29, 1.82) is 0 Å². The highest BCUT2D eigenvalue weighted by atomic mass is 19.4. The van der Waals surface area contributed by atoms with Gasteiger partial charge in [0.15, 0.2) is 0 Å². The molecule has 4 nitrogen and oxygen atoms in total. The molecule has 0 bridgehead atoms. The van der Waals surface area contributed by atoms with Gasteiger partial charge < -0.3 is 10.6 Å². The van der Waals surface area contributed by atoms with Gasteiger partial charge in [0.2, 0.25) is 0 Å². The van der Waals surface area contributed by atoms with E-state index < -0.39 is 17.6 Å². The maximum Gasteiger partial charge on any atom is 0.416 e. The van der Waals surface area contributed by atoms with Crippen LogP contribution in [0.4, 0.5) is 24.7 Å². The molecule has 0 aliphatic rings. The first kappa shape index (κ1) is 18.4. The van der Waals surface area contributed by atoms with Crippen LogP contribution in [-0.2, 0) is 12.7 Å². The minimum absolute atomic E-state index is 0.277. The van der Waals surface area contributed by atoms with Crippen LogP contribution in [0.1, 0.15) is 21.5 Å². The van der Waals surface area contributed by atoms with Crippen molar-refractivity contribution >= 4 is 17.4 Å². The number of nitrogens with zero attached hydrogens (tertiary/aromatic N) is 1. The normalized spacial score (nSPS) is 11.1. The largest absolute Gasteiger partial charge is 0.416 e. The molecular weight excluding hydrogens is 355 g/mol. The Morgan fingerprint density at radius 2 is 1.63 bits per heavy atom. The molecule has 0 fully saturated rings. The number of pyridine rings is 1. The van der Waals surface area contributed by atoms with Crippen LogP contribution in [0.2, 0.25) is 0 Å². The zero-order valence-electron chi connectivity index (χ0n) is 14.1. The van der Waals surface area contributed by atoms with E-state index >= 15 is 0 Å². The Kier molecular flexibility index (Phi) is 5.40. The third-order valence-electron chi connectivity index (χ3n) is 3.81. The van der Waals surface area contributed by atoms with E-state index in [1.165, 1.54) is 18.3 Å². The summed E-state index contributed by atoms with van der Waals surface area (Å²) in [6.07, 6.45) is -3.00. The standard InChI is InChI=1S/C20H16F3N3O/c21-20(22,23)16-7-9-17(10-8-16)26-19(27)15-6-11-18(25-13-15)24-12-14-4-2-1-3-5-14/h1-11,13H,12H2,(H,24,25)(H,26,27). The van der Waals surface area contributed by atoms with Crippen molar-refractivity contribution in [3.8, 4) is 0 Å². The van der Waals surface area contributed by atoms with Crippen LogP contribution in [0.15, 0.2) is 72.9 Å². The Balaban J connectivity index is 1.58. The van der Waals surface area contributed by atoms with E-state index in [4.69, 9.17) is 0 Å². The molecule has 138 valence electrons. The Bertz CT molecular complexity index is 893. The fourth-order valence-corrected chi connectivity index (χ4v) is 2.37. The van der Waals surface area contributed by atoms with Crippen LogP contribution in [0.5, 0.6) is 0 Å². The average molecular weight is 371 g/mol. The number of hydrogen-bond acceptors (Lipinski definition) is 3. The van der Waals surface area contributed by atoms with Crippen molar-refractivity contribution in [3.05, 3.63) is 89.6 Å². The van der Waals surface area contributed by atoms with Gasteiger partial charge in [-0.1, -0.05) is 30.3 Å². The molecular formula is C20H16F3N3O. The summed E-state index contributed by atoms with van der Waals surface area (Å²) in [7, 11) is 0. The minimum atomic E-state index is -4.41. The van der Waals surface area contributed by atoms with Gasteiger partial charge in [0.1, 0.15) is 5.82 Å². The SMILES string of the molecule is O=C(Nc1ccc(C(F)(F)F)cc1)c1ccc(NCc2ccccc2)nc1. The fraction of sp³-hybridized carbons (Fsp3) is 0.100. The van der Waals surface area contributed by atoms with Crippen molar-refractivity contribution in [2.24, 2.45) is 0 Å². The quantitative estimate of drug-likeness (QED) is 0.666. The van der Waals surface area contributed by atoms with Crippen LogP contribution in [0.25, 0.3) is 0 Å². The Labute approximate surface area is 154 Å². The Hall–Kier alpha value is -3.35. The second kappa shape index (κ2) is 7.90. The highest BCUT2D eigenvalue weighted by Gasteiger charge is 2.29. The topological polar surface area (TPSA) is 54.0 Å². The number of nitrogens with one attached hydrogen (secondary N) is 2. The summed E-state index contributed by atoms with van der Waals surface area (Å²) >= 11 is 0. The molecule has 0 radical (unpaired) electrons. The van der Waals surface area contributed by atoms with E-state index in [-0.39, 0.29) is 5.69 Å². The van der Waals surface area contributed by atoms with Crippen LogP contribution in [0.3, 0.4) is 0 Å². The molecule has 1 amide bonds. The number of carbonyl (C=O) groups excluding carboxylic acids is 1. The second-order valence-corrected chi connectivity index (χ2v) is 5.80. The lowest BCUT2D eigenvalue weighted by Gasteiger charge is -2.09. The summed E-state index contributed by atoms with van der Waals surface area (Å²) in [5, 5.41) is 5.70. The number of halogens is 3. The van der Waals surface area contributed by atoms with E-state index in [1.54, 1.807) is 12.1 Å². The third kappa shape index (κ3) is 5.07. The van der Waals surface area contributed by atoms with E-state index in [0.29, 0.717) is 17.9 Å². The summed E-state index contributed by atoms with van der Waals surface area (Å²) in [6.45, 7) is 0.602. The molecule has 0 spiro atoms. The summed E-state index contributed by atoms with van der Waals surface area (Å²) in [5.74, 6) is 0.168. The molecule has 1 heterocycles. The number of anilines is 2. The Morgan fingerprint density at radius 3 is 2.22 bits per heavy atom. The second-order valence-electron chi connectivity index (χ2n) is 5.80. The predicted molar refractivity (Wildman–Crippen MR) is 97.4 cm³/mol. The van der Waals surface area contributed by atoms with Crippen LogP contribution < -0.4 is 10.6 Å². The van der Waals surface area contributed by atoms with Gasteiger partial charge in [-0.2, -0.15) is 13.2 Å². The summed E-state index contributed by atoms with van der Waals surface area (Å²) < 4.78 is 37.7. The van der Waals surface area contributed by atoms with E-state index in [2.05, 4.69) is 15.6 Å². The molecule has 1 aromatic heterocycles. The van der Waals surface area contributed by atoms with Crippen LogP contribution in [-0.4, -0.2) is 10.9 Å². The highest BCUT2D eigenvalue weighted by molar-refractivity contribution is 6.04. The van der Waals surface area contributed by atoms with E-state index in [1.807, 2.05) is 30.3 Å². The van der Waals surface area contributed by atoms with Gasteiger partial charge in [0.25, 0.3) is 5.91 Å². The molecule has 3 rings (SSSR count). The molecule has 2 N–H and O–H groups in total. The van der Waals surface area contributed by atoms with Crippen molar-refractivity contribution in [1.82, 2.24) is 4.98 Å². The summed E-state index contributed by atoms with van der Waals surface area (Å²) in [6, 6.07) is 17.3. The lowest BCUT2D eigenvalue weighted by molar-refractivity contribution is -0.137. The predicted octanol–water partition coefficient (Wildman–Crippen LogP) is 4.96. The molecule has 27 heavy (non-hydrogen) atoms. The minimum Gasteiger partial charge on any atom is -0.366 e. The van der Waals surface area contributed by atoms with Gasteiger partial charge >= 0.3 is 6.18 Å². The molecule has 0 saturated carbocycles. The summed E-state index contributed by atoms with van der Waals surface area (Å²) in [5.41, 5.74) is 0.916. The molecule has 0 atom stereocenters. The van der Waals surface area contributed by atoms with Crippen molar-refractivity contribution in [3.63, 3.8) is 0 Å². The van der Waals surface area contributed by atoms with E-state index in [9.17, 15) is 18.0 Å². The first-order valence-corrected chi connectivity index (χ1v) is 8.14. The molecule has 0 saturated heterocycles. The molecule has 0 aliphatic carbocycles. The molecule has 0 unspecified atom stereocenters. The lowest BCUT2D eigenvalue weighted by atomic mass is 10.2. The average Bonchev–Trinajstić information content (AvgIpc) is 2.67. The number of aromatic nitrogens is 1. The zero-order chi connectivity index (χ0) is 19.3. The van der Waals surface area contributed by atoms with Gasteiger partial charge in [0, 0.05) is 18.4 Å². The number of rotatable bonds is 5. The molecule has 2 aromatic carbocycles. The lowest BCUT2D eigenvalue weighted by Crippen LogP contribution is -2.13. The van der Waals surface area contributed by atoms with Gasteiger partial charge in [-0.3, -0.25) is 4.79 Å². The van der Waals surface area contributed by atoms with Crippen molar-refractivity contribution in [2.75, 3.05) is 10.6 Å². The zero-order valence-corrected chi connectivity index (χ0v) is 14.1. The number of hydrogen-bond donors (Lipinski definition) is 2. The summed E-state index contributed by atoms with van der Waals surface area (Å²) in [4.78, 5) is 16.4. The van der Waals surface area contributed by atoms with Crippen LogP contribution >= 0.6 is 0 Å². The van der Waals surface area contributed by atoms with Crippen LogP contribution in [0, 0.1) is 0 Å².